The van der Waals surface area contributed by atoms with E-state index in [2.05, 4.69) is 15.5 Å². The lowest BCUT2D eigenvalue weighted by Crippen LogP contribution is -2.21. The van der Waals surface area contributed by atoms with Crippen LogP contribution in [0.5, 0.6) is 0 Å². The van der Waals surface area contributed by atoms with Crippen molar-refractivity contribution in [3.05, 3.63) is 64.5 Å². The van der Waals surface area contributed by atoms with E-state index < -0.39 is 10.8 Å². The summed E-state index contributed by atoms with van der Waals surface area (Å²) < 4.78 is 2.57. The van der Waals surface area contributed by atoms with Crippen LogP contribution in [0, 0.1) is 21.4 Å². The minimum Gasteiger partial charge on any atom is -0.358 e. The van der Waals surface area contributed by atoms with Gasteiger partial charge in [-0.05, 0) is 17.1 Å². The number of anilines is 1. The second kappa shape index (κ2) is 6.63. The number of nitrogens with zero attached hydrogens (tertiary/aromatic N) is 6. The predicted octanol–water partition coefficient (Wildman–Crippen LogP) is 1.49. The van der Waals surface area contributed by atoms with Gasteiger partial charge in [-0.25, -0.2) is 4.68 Å². The van der Waals surface area contributed by atoms with Crippen molar-refractivity contribution in [1.29, 1.82) is 5.26 Å². The maximum atomic E-state index is 12.2. The molecule has 2 heterocycles. The number of carbonyl (C=O) groups excluding carboxylic acids is 1. The highest BCUT2D eigenvalue weighted by Crippen LogP contribution is 2.19. The van der Waals surface area contributed by atoms with Crippen LogP contribution >= 0.6 is 0 Å². The highest BCUT2D eigenvalue weighted by atomic mass is 16.6. The summed E-state index contributed by atoms with van der Waals surface area (Å²) in [6.45, 7) is -0.237. The monoisotopic (exact) mass is 337 g/mol. The Bertz CT molecular complexity index is 969. The Kier molecular flexibility index (Phi) is 4.21. The number of benzene rings is 1. The Morgan fingerprint density at radius 3 is 2.72 bits per heavy atom. The number of amides is 1. The van der Waals surface area contributed by atoms with E-state index in [4.69, 9.17) is 0 Å². The number of para-hydroxylation sites is 1. The quantitative estimate of drug-likeness (QED) is 0.554. The molecule has 0 fully saturated rings. The Morgan fingerprint density at radius 2 is 2.08 bits per heavy atom. The molecule has 1 N–H and O–H groups in total. The third-order valence-electron chi connectivity index (χ3n) is 3.27. The largest absolute Gasteiger partial charge is 0.389 e. The van der Waals surface area contributed by atoms with Gasteiger partial charge in [0.2, 0.25) is 5.91 Å². The Hall–Kier alpha value is -4.00. The normalized spacial score (nSPS) is 10.2. The van der Waals surface area contributed by atoms with Gasteiger partial charge in [0.25, 0.3) is 0 Å². The summed E-state index contributed by atoms with van der Waals surface area (Å²) >= 11 is 0. The molecular formula is C15H11N7O3. The molecule has 10 nitrogen and oxygen atoms in total. The first-order valence-electron chi connectivity index (χ1n) is 7.09. The van der Waals surface area contributed by atoms with Gasteiger partial charge in [-0.3, -0.25) is 4.79 Å². The van der Waals surface area contributed by atoms with Crippen molar-refractivity contribution in [3.8, 4) is 11.8 Å². The molecular weight excluding hydrogens is 326 g/mol. The minimum atomic E-state index is -0.646. The molecule has 0 aliphatic carbocycles. The first kappa shape index (κ1) is 15.9. The average molecular weight is 337 g/mol. The molecule has 0 saturated heterocycles. The van der Waals surface area contributed by atoms with Crippen LogP contribution in [-0.4, -0.2) is 30.4 Å². The van der Waals surface area contributed by atoms with Gasteiger partial charge >= 0.3 is 5.82 Å². The number of nitro groups is 1. The van der Waals surface area contributed by atoms with Crippen molar-refractivity contribution in [1.82, 2.24) is 19.6 Å². The maximum Gasteiger partial charge on any atom is 0.389 e. The van der Waals surface area contributed by atoms with Crippen LogP contribution in [-0.2, 0) is 11.3 Å². The molecule has 0 saturated carbocycles. The van der Waals surface area contributed by atoms with Gasteiger partial charge in [-0.2, -0.15) is 15.0 Å². The maximum absolute atomic E-state index is 12.2. The van der Waals surface area contributed by atoms with E-state index in [1.807, 2.05) is 12.1 Å². The molecule has 0 radical (unpaired) electrons. The molecule has 25 heavy (non-hydrogen) atoms. The number of nitrogens with one attached hydrogen (secondary N) is 1. The zero-order chi connectivity index (χ0) is 17.8. The lowest BCUT2D eigenvalue weighted by Gasteiger charge is -2.09. The Balaban J connectivity index is 1.82. The highest BCUT2D eigenvalue weighted by Gasteiger charge is 2.17. The molecule has 0 bridgehead atoms. The van der Waals surface area contributed by atoms with Gasteiger partial charge in [0.15, 0.2) is 5.82 Å². The van der Waals surface area contributed by atoms with Crippen LogP contribution < -0.4 is 5.32 Å². The van der Waals surface area contributed by atoms with E-state index in [0.717, 1.165) is 4.68 Å². The molecule has 0 spiro atoms. The summed E-state index contributed by atoms with van der Waals surface area (Å²) in [5, 5.41) is 30.2. The number of nitriles is 1. The van der Waals surface area contributed by atoms with Crippen LogP contribution in [0.1, 0.15) is 5.56 Å². The smallest absolute Gasteiger partial charge is 0.358 e. The summed E-state index contributed by atoms with van der Waals surface area (Å²) in [6.07, 6.45) is 2.68. The Morgan fingerprint density at radius 1 is 1.32 bits per heavy atom. The molecule has 124 valence electrons. The first-order chi connectivity index (χ1) is 12.1. The van der Waals surface area contributed by atoms with Gasteiger partial charge in [0, 0.05) is 0 Å². The molecule has 0 atom stereocenters. The van der Waals surface area contributed by atoms with E-state index in [-0.39, 0.29) is 23.7 Å². The third kappa shape index (κ3) is 3.35. The Labute approximate surface area is 141 Å². The topological polar surface area (TPSA) is 132 Å². The second-order valence-electron chi connectivity index (χ2n) is 4.94. The van der Waals surface area contributed by atoms with Gasteiger partial charge in [0.05, 0.1) is 29.2 Å². The SMILES string of the molecule is N#Cc1cnn(-c2ccccc2)c1NC(=O)Cn1ccc([N+](=O)[O-])n1. The van der Waals surface area contributed by atoms with Gasteiger partial charge < -0.3 is 15.4 Å². The fraction of sp³-hybridized carbons (Fsp3) is 0.0667. The standard InChI is InChI=1S/C15H11N7O3/c16-8-11-9-17-21(12-4-2-1-3-5-12)15(11)18-14(23)10-20-7-6-13(19-20)22(24)25/h1-7,9H,10H2,(H,18,23). The lowest BCUT2D eigenvalue weighted by molar-refractivity contribution is -0.389. The molecule has 0 aliphatic rings. The fourth-order valence-corrected chi connectivity index (χ4v) is 2.17. The number of hydrogen-bond acceptors (Lipinski definition) is 6. The average Bonchev–Trinajstić information content (AvgIpc) is 3.22. The van der Waals surface area contributed by atoms with Crippen LogP contribution in [0.3, 0.4) is 0 Å². The van der Waals surface area contributed by atoms with Gasteiger partial charge in [0.1, 0.15) is 18.2 Å². The first-order valence-corrected chi connectivity index (χ1v) is 7.09. The zero-order valence-electron chi connectivity index (χ0n) is 12.7. The van der Waals surface area contributed by atoms with E-state index in [0.29, 0.717) is 5.69 Å². The number of hydrogen-bond donors (Lipinski definition) is 1. The van der Waals surface area contributed by atoms with E-state index in [1.165, 1.54) is 23.1 Å². The molecule has 0 aliphatic heterocycles. The number of rotatable bonds is 5. The number of aromatic nitrogens is 4. The number of carbonyl (C=O) groups is 1. The summed E-state index contributed by atoms with van der Waals surface area (Å²) in [7, 11) is 0. The van der Waals surface area contributed by atoms with Gasteiger partial charge in [-0.1, -0.05) is 18.2 Å². The van der Waals surface area contributed by atoms with E-state index >= 15 is 0 Å². The van der Waals surface area contributed by atoms with E-state index in [9.17, 15) is 20.2 Å². The van der Waals surface area contributed by atoms with Crippen molar-refractivity contribution in [2.75, 3.05) is 5.32 Å². The fourth-order valence-electron chi connectivity index (χ4n) is 2.17. The summed E-state index contributed by atoms with van der Waals surface area (Å²) in [5.74, 6) is -0.618. The molecule has 10 heteroatoms. The molecule has 3 rings (SSSR count). The molecule has 0 unspecified atom stereocenters. The second-order valence-corrected chi connectivity index (χ2v) is 4.94. The zero-order valence-corrected chi connectivity index (χ0v) is 12.7. The molecule has 1 amide bonds. The van der Waals surface area contributed by atoms with Crippen molar-refractivity contribution >= 4 is 17.5 Å². The van der Waals surface area contributed by atoms with Crippen LogP contribution in [0.15, 0.2) is 48.8 Å². The summed E-state index contributed by atoms with van der Waals surface area (Å²) in [4.78, 5) is 22.2. The highest BCUT2D eigenvalue weighted by molar-refractivity contribution is 5.91. The van der Waals surface area contributed by atoms with E-state index in [1.54, 1.807) is 24.3 Å². The third-order valence-corrected chi connectivity index (χ3v) is 3.27. The predicted molar refractivity (Wildman–Crippen MR) is 85.8 cm³/mol. The summed E-state index contributed by atoms with van der Waals surface area (Å²) in [5.41, 5.74) is 0.873. The molecule has 2 aromatic heterocycles. The van der Waals surface area contributed by atoms with Crippen molar-refractivity contribution in [2.45, 2.75) is 6.54 Å². The lowest BCUT2D eigenvalue weighted by atomic mass is 10.3. The van der Waals surface area contributed by atoms with Crippen molar-refractivity contribution < 1.29 is 9.72 Å². The van der Waals surface area contributed by atoms with Crippen molar-refractivity contribution in [3.63, 3.8) is 0 Å². The summed E-state index contributed by atoms with van der Waals surface area (Å²) in [6, 6.07) is 12.2. The molecule has 1 aromatic carbocycles. The van der Waals surface area contributed by atoms with Crippen LogP contribution in [0.25, 0.3) is 5.69 Å². The molecule has 3 aromatic rings. The van der Waals surface area contributed by atoms with Crippen LogP contribution in [0.2, 0.25) is 0 Å². The van der Waals surface area contributed by atoms with Gasteiger partial charge in [-0.15, -0.1) is 0 Å². The van der Waals surface area contributed by atoms with Crippen LogP contribution in [0.4, 0.5) is 11.6 Å². The van der Waals surface area contributed by atoms with Crippen molar-refractivity contribution in [2.24, 2.45) is 0 Å². The minimum absolute atomic E-state index is 0.198.